The first kappa shape index (κ1) is 33.3. The van der Waals surface area contributed by atoms with Crippen LogP contribution in [0.4, 0.5) is 0 Å². The first-order valence-electron chi connectivity index (χ1n) is 19.4. The minimum Gasteiger partial charge on any atom is -0.208 e. The highest BCUT2D eigenvalue weighted by molar-refractivity contribution is 7.25. The van der Waals surface area contributed by atoms with Gasteiger partial charge in [0.2, 0.25) is 0 Å². The molecule has 0 bridgehead atoms. The van der Waals surface area contributed by atoms with Crippen molar-refractivity contribution in [2.24, 2.45) is 0 Å². The van der Waals surface area contributed by atoms with E-state index in [1.165, 1.54) is 70.2 Å². The smallest absolute Gasteiger partial charge is 0.164 e. The van der Waals surface area contributed by atoms with E-state index in [0.29, 0.717) is 17.5 Å². The second-order valence-corrected chi connectivity index (χ2v) is 15.8. The standard InChI is InChI=1S/C53H35N3S/c1-4-12-34(13-5-1)35-20-22-36(23-21-35)46-33-42-30-39(24-27-43(42)44-18-10-11-19-45(44)46)40-25-28-49-47(31-40)48-32-41(26-29-50(48)57-49)53-55-51(37-14-6-2-7-15-37)54-52(56-53)38-16-8-3-9-17-38/h1-32,46H,33H2. The van der Waals surface area contributed by atoms with Crippen LogP contribution in [0.1, 0.15) is 22.6 Å². The molecule has 2 heterocycles. The fraction of sp³-hybridized carbons (Fsp3) is 0.0377. The minimum absolute atomic E-state index is 0.288. The molecule has 8 aromatic carbocycles. The highest BCUT2D eigenvalue weighted by Crippen LogP contribution is 2.45. The topological polar surface area (TPSA) is 38.7 Å². The molecule has 57 heavy (non-hydrogen) atoms. The van der Waals surface area contributed by atoms with Gasteiger partial charge in [-0.05, 0) is 86.8 Å². The van der Waals surface area contributed by atoms with E-state index >= 15 is 0 Å². The van der Waals surface area contributed by atoms with Gasteiger partial charge in [-0.3, -0.25) is 0 Å². The van der Waals surface area contributed by atoms with Gasteiger partial charge in [-0.1, -0.05) is 164 Å². The molecule has 2 aromatic heterocycles. The Morgan fingerprint density at radius 1 is 0.368 bits per heavy atom. The second-order valence-electron chi connectivity index (χ2n) is 14.8. The highest BCUT2D eigenvalue weighted by Gasteiger charge is 2.26. The molecule has 0 amide bonds. The van der Waals surface area contributed by atoms with Gasteiger partial charge in [0.25, 0.3) is 0 Å². The summed E-state index contributed by atoms with van der Waals surface area (Å²) in [5, 5.41) is 2.46. The van der Waals surface area contributed by atoms with Gasteiger partial charge >= 0.3 is 0 Å². The van der Waals surface area contributed by atoms with E-state index in [9.17, 15) is 0 Å². The number of nitrogens with zero attached hydrogens (tertiary/aromatic N) is 3. The Kier molecular flexibility index (Phi) is 8.15. The molecule has 1 aliphatic carbocycles. The lowest BCUT2D eigenvalue weighted by molar-refractivity contribution is 0.794. The lowest BCUT2D eigenvalue weighted by atomic mass is 9.75. The Morgan fingerprint density at radius 3 is 1.49 bits per heavy atom. The van der Waals surface area contributed by atoms with E-state index in [0.717, 1.165) is 23.1 Å². The van der Waals surface area contributed by atoms with Gasteiger partial charge in [-0.2, -0.15) is 0 Å². The van der Waals surface area contributed by atoms with Gasteiger partial charge in [0, 0.05) is 42.8 Å². The summed E-state index contributed by atoms with van der Waals surface area (Å²) in [7, 11) is 0. The second kappa shape index (κ2) is 13.9. The molecule has 0 aliphatic heterocycles. The molecule has 4 heteroatoms. The van der Waals surface area contributed by atoms with Crippen molar-refractivity contribution in [3.63, 3.8) is 0 Å². The first-order valence-corrected chi connectivity index (χ1v) is 20.3. The maximum atomic E-state index is 5.02. The van der Waals surface area contributed by atoms with Gasteiger partial charge in [-0.15, -0.1) is 11.3 Å². The van der Waals surface area contributed by atoms with E-state index in [1.807, 2.05) is 72.0 Å². The van der Waals surface area contributed by atoms with E-state index in [1.54, 1.807) is 0 Å². The van der Waals surface area contributed by atoms with Crippen molar-refractivity contribution >= 4 is 31.5 Å². The van der Waals surface area contributed by atoms with Crippen LogP contribution >= 0.6 is 11.3 Å². The van der Waals surface area contributed by atoms with Gasteiger partial charge in [0.15, 0.2) is 17.5 Å². The average Bonchev–Trinajstić information content (AvgIpc) is 3.67. The predicted octanol–water partition coefficient (Wildman–Crippen LogP) is 13.9. The molecule has 0 saturated heterocycles. The number of fused-ring (bicyclic) bond motifs is 6. The maximum absolute atomic E-state index is 5.02. The fourth-order valence-electron chi connectivity index (χ4n) is 8.45. The van der Waals surface area contributed by atoms with Crippen molar-refractivity contribution in [1.82, 2.24) is 15.0 Å². The molecular formula is C53H35N3S. The summed E-state index contributed by atoms with van der Waals surface area (Å²) < 4.78 is 2.51. The van der Waals surface area contributed by atoms with E-state index in [-0.39, 0.29) is 5.92 Å². The molecule has 0 spiro atoms. The number of rotatable bonds is 6. The van der Waals surface area contributed by atoms with Crippen LogP contribution in [0.2, 0.25) is 0 Å². The number of thiophene rings is 1. The summed E-state index contributed by atoms with van der Waals surface area (Å²) in [4.78, 5) is 14.9. The predicted molar refractivity (Wildman–Crippen MR) is 237 cm³/mol. The van der Waals surface area contributed by atoms with Gasteiger partial charge in [0.05, 0.1) is 0 Å². The molecule has 10 aromatic rings. The van der Waals surface area contributed by atoms with Gasteiger partial charge < -0.3 is 0 Å². The summed E-state index contributed by atoms with van der Waals surface area (Å²) in [5.41, 5.74) is 14.7. The van der Waals surface area contributed by atoms with Crippen LogP contribution in [0.5, 0.6) is 0 Å². The molecule has 0 saturated carbocycles. The number of hydrogen-bond donors (Lipinski definition) is 0. The van der Waals surface area contributed by atoms with E-state index in [4.69, 9.17) is 15.0 Å². The fourth-order valence-corrected chi connectivity index (χ4v) is 9.52. The Bertz CT molecular complexity index is 3020. The van der Waals surface area contributed by atoms with Crippen LogP contribution in [-0.2, 0) is 6.42 Å². The largest absolute Gasteiger partial charge is 0.208 e. The van der Waals surface area contributed by atoms with Crippen LogP contribution in [-0.4, -0.2) is 15.0 Å². The maximum Gasteiger partial charge on any atom is 0.164 e. The van der Waals surface area contributed by atoms with E-state index < -0.39 is 0 Å². The molecule has 3 nitrogen and oxygen atoms in total. The third-order valence-electron chi connectivity index (χ3n) is 11.3. The molecule has 1 unspecified atom stereocenters. The van der Waals surface area contributed by atoms with Crippen molar-refractivity contribution in [2.45, 2.75) is 12.3 Å². The van der Waals surface area contributed by atoms with Crippen LogP contribution < -0.4 is 0 Å². The summed E-state index contributed by atoms with van der Waals surface area (Å²) in [6, 6.07) is 69.7. The zero-order valence-corrected chi connectivity index (χ0v) is 31.8. The third-order valence-corrected chi connectivity index (χ3v) is 12.5. The SMILES string of the molecule is c1ccc(-c2ccc(C3Cc4cc(-c5ccc6sc7ccc(-c8nc(-c9ccccc9)nc(-c9ccccc9)n8)cc7c6c5)ccc4-c4ccccc43)cc2)cc1. The Labute approximate surface area is 335 Å². The molecular weight excluding hydrogens is 711 g/mol. The lowest BCUT2D eigenvalue weighted by Gasteiger charge is -2.29. The molecule has 1 aliphatic rings. The number of benzene rings is 8. The summed E-state index contributed by atoms with van der Waals surface area (Å²) in [6.07, 6.45) is 0.958. The Balaban J connectivity index is 0.972. The van der Waals surface area contributed by atoms with Crippen molar-refractivity contribution < 1.29 is 0 Å². The zero-order chi connectivity index (χ0) is 37.7. The quantitative estimate of drug-likeness (QED) is 0.170. The molecule has 11 rings (SSSR count). The van der Waals surface area contributed by atoms with Crippen molar-refractivity contribution in [2.75, 3.05) is 0 Å². The van der Waals surface area contributed by atoms with Crippen LogP contribution in [0.3, 0.4) is 0 Å². The third kappa shape index (κ3) is 6.12. The first-order chi connectivity index (χ1) is 28.2. The van der Waals surface area contributed by atoms with Crippen LogP contribution in [0, 0.1) is 0 Å². The summed E-state index contributed by atoms with van der Waals surface area (Å²) in [5.74, 6) is 2.28. The van der Waals surface area contributed by atoms with Crippen molar-refractivity contribution in [3.05, 3.63) is 211 Å². The summed E-state index contributed by atoms with van der Waals surface area (Å²) in [6.45, 7) is 0. The molecule has 0 radical (unpaired) electrons. The zero-order valence-electron chi connectivity index (χ0n) is 31.0. The monoisotopic (exact) mass is 745 g/mol. The van der Waals surface area contributed by atoms with Crippen LogP contribution in [0.15, 0.2) is 194 Å². The van der Waals surface area contributed by atoms with E-state index in [2.05, 4.69) is 133 Å². The molecule has 0 N–H and O–H groups in total. The lowest BCUT2D eigenvalue weighted by Crippen LogP contribution is -2.12. The highest BCUT2D eigenvalue weighted by atomic mass is 32.1. The normalized spacial score (nSPS) is 13.4. The Hall–Kier alpha value is -7.01. The van der Waals surface area contributed by atoms with Gasteiger partial charge in [-0.25, -0.2) is 15.0 Å². The minimum atomic E-state index is 0.288. The molecule has 0 fully saturated rings. The Morgan fingerprint density at radius 2 is 0.842 bits per heavy atom. The number of aromatic nitrogens is 3. The van der Waals surface area contributed by atoms with Crippen LogP contribution in [0.25, 0.3) is 87.7 Å². The van der Waals surface area contributed by atoms with Crippen molar-refractivity contribution in [1.29, 1.82) is 0 Å². The number of hydrogen-bond acceptors (Lipinski definition) is 4. The molecule has 268 valence electrons. The summed E-state index contributed by atoms with van der Waals surface area (Å²) >= 11 is 1.83. The molecule has 1 atom stereocenters. The van der Waals surface area contributed by atoms with Gasteiger partial charge in [0.1, 0.15) is 0 Å². The van der Waals surface area contributed by atoms with Crippen molar-refractivity contribution in [3.8, 4) is 67.5 Å². The average molecular weight is 746 g/mol.